The van der Waals surface area contributed by atoms with Crippen LogP contribution in [0.5, 0.6) is 0 Å². The first kappa shape index (κ1) is 21.6. The average Bonchev–Trinajstić information content (AvgIpc) is 2.99. The summed E-state index contributed by atoms with van der Waals surface area (Å²) in [7, 11) is 0. The Morgan fingerprint density at radius 3 is 2.53 bits per heavy atom. The Hall–Kier alpha value is -3.11. The van der Waals surface area contributed by atoms with Gasteiger partial charge in [-0.15, -0.1) is 0 Å². The number of rotatable bonds is 6. The van der Waals surface area contributed by atoms with Gasteiger partial charge in [0.2, 0.25) is 17.7 Å². The molecule has 0 saturated carbocycles. The summed E-state index contributed by atoms with van der Waals surface area (Å²) in [6.45, 7) is -0.336. The van der Waals surface area contributed by atoms with E-state index in [9.17, 15) is 32.3 Å². The first-order valence-electron chi connectivity index (χ1n) is 9.37. The number of anilines is 1. The van der Waals surface area contributed by atoms with Gasteiger partial charge in [0.05, 0.1) is 17.8 Å². The third kappa shape index (κ3) is 4.24. The SMILES string of the molecule is C[C@]12CCC(=O)N1c1ccccc1C(=O)N2CCC(=O)NCC(=O)NCC(F)(F)F. The van der Waals surface area contributed by atoms with Crippen molar-refractivity contribution in [3.05, 3.63) is 29.8 Å². The number of fused-ring (bicyclic) bond motifs is 3. The highest BCUT2D eigenvalue weighted by Crippen LogP contribution is 2.43. The van der Waals surface area contributed by atoms with Crippen molar-refractivity contribution in [1.82, 2.24) is 15.5 Å². The van der Waals surface area contributed by atoms with Crippen LogP contribution in [0.4, 0.5) is 18.9 Å². The Kier molecular flexibility index (Phi) is 5.73. The van der Waals surface area contributed by atoms with Crippen molar-refractivity contribution >= 4 is 29.3 Å². The predicted octanol–water partition coefficient (Wildman–Crippen LogP) is 1.17. The largest absolute Gasteiger partial charge is 0.405 e. The van der Waals surface area contributed by atoms with Gasteiger partial charge in [0.25, 0.3) is 5.91 Å². The zero-order valence-electron chi connectivity index (χ0n) is 16.2. The lowest BCUT2D eigenvalue weighted by Gasteiger charge is -2.48. The van der Waals surface area contributed by atoms with Crippen molar-refractivity contribution in [2.75, 3.05) is 24.5 Å². The minimum atomic E-state index is -4.54. The number of hydrogen-bond donors (Lipinski definition) is 2. The van der Waals surface area contributed by atoms with Crippen LogP contribution in [0.3, 0.4) is 0 Å². The van der Waals surface area contributed by atoms with Crippen molar-refractivity contribution in [2.45, 2.75) is 38.0 Å². The molecule has 30 heavy (non-hydrogen) atoms. The third-order valence-corrected chi connectivity index (χ3v) is 5.24. The minimum Gasteiger partial charge on any atom is -0.347 e. The molecule has 1 saturated heterocycles. The molecule has 8 nitrogen and oxygen atoms in total. The maximum absolute atomic E-state index is 13.0. The van der Waals surface area contributed by atoms with E-state index in [2.05, 4.69) is 5.32 Å². The summed E-state index contributed by atoms with van der Waals surface area (Å²) in [5.74, 6) is -1.99. The van der Waals surface area contributed by atoms with Crippen LogP contribution < -0.4 is 15.5 Å². The molecule has 0 spiro atoms. The van der Waals surface area contributed by atoms with E-state index in [4.69, 9.17) is 0 Å². The standard InChI is InChI=1S/C19H21F3N4O4/c1-18-8-6-16(29)26(18)13-5-3-2-4-12(13)17(30)25(18)9-7-14(27)23-10-15(28)24-11-19(20,21)22/h2-5H,6-11H2,1H3,(H,23,27)(H,24,28)/t18-/m1/s1. The first-order chi connectivity index (χ1) is 14.0. The van der Waals surface area contributed by atoms with Gasteiger partial charge in [0.1, 0.15) is 12.2 Å². The number of carbonyl (C=O) groups excluding carboxylic acids is 4. The number of nitrogens with one attached hydrogen (secondary N) is 2. The summed E-state index contributed by atoms with van der Waals surface area (Å²) in [5, 5.41) is 3.89. The molecule has 1 aromatic carbocycles. The lowest BCUT2D eigenvalue weighted by Crippen LogP contribution is -2.62. The van der Waals surface area contributed by atoms with Crippen LogP contribution in [0.2, 0.25) is 0 Å². The molecule has 0 radical (unpaired) electrons. The van der Waals surface area contributed by atoms with E-state index < -0.39 is 36.7 Å². The fraction of sp³-hybridized carbons (Fsp3) is 0.474. The molecule has 162 valence electrons. The van der Waals surface area contributed by atoms with Crippen LogP contribution in [0.1, 0.15) is 36.5 Å². The maximum Gasteiger partial charge on any atom is 0.405 e. The van der Waals surface area contributed by atoms with Crippen LogP contribution >= 0.6 is 0 Å². The van der Waals surface area contributed by atoms with E-state index in [0.717, 1.165) is 0 Å². The third-order valence-electron chi connectivity index (χ3n) is 5.24. The quantitative estimate of drug-likeness (QED) is 0.714. The highest BCUT2D eigenvalue weighted by Gasteiger charge is 2.52. The van der Waals surface area contributed by atoms with Gasteiger partial charge in [0, 0.05) is 19.4 Å². The molecule has 1 fully saturated rings. The molecule has 2 heterocycles. The maximum atomic E-state index is 13.0. The zero-order chi connectivity index (χ0) is 22.1. The Labute approximate surface area is 170 Å². The summed E-state index contributed by atoms with van der Waals surface area (Å²) in [5.41, 5.74) is -0.0147. The minimum absolute atomic E-state index is 0.0105. The molecule has 3 rings (SSSR count). The highest BCUT2D eigenvalue weighted by atomic mass is 19.4. The number of amides is 4. The summed E-state index contributed by atoms with van der Waals surface area (Å²) in [6.07, 6.45) is -4.03. The number of benzene rings is 1. The number of alkyl halides is 3. The van der Waals surface area contributed by atoms with Crippen LogP contribution in [0.15, 0.2) is 24.3 Å². The van der Waals surface area contributed by atoms with Crippen molar-refractivity contribution in [3.8, 4) is 0 Å². The molecule has 4 amide bonds. The van der Waals surface area contributed by atoms with Gasteiger partial charge in [-0.25, -0.2) is 0 Å². The normalized spacial score (nSPS) is 20.7. The zero-order valence-corrected chi connectivity index (χ0v) is 16.2. The van der Waals surface area contributed by atoms with E-state index in [-0.39, 0.29) is 31.2 Å². The monoisotopic (exact) mass is 426 g/mol. The summed E-state index contributed by atoms with van der Waals surface area (Å²) < 4.78 is 36.3. The molecule has 2 aliphatic rings. The van der Waals surface area contributed by atoms with E-state index in [1.807, 2.05) is 0 Å². The smallest absolute Gasteiger partial charge is 0.347 e. The Balaban J connectivity index is 1.62. The summed E-state index contributed by atoms with van der Waals surface area (Å²) in [4.78, 5) is 52.0. The van der Waals surface area contributed by atoms with E-state index in [0.29, 0.717) is 17.7 Å². The number of carbonyl (C=O) groups is 4. The van der Waals surface area contributed by atoms with E-state index in [1.165, 1.54) is 4.90 Å². The van der Waals surface area contributed by atoms with Gasteiger partial charge >= 0.3 is 6.18 Å². The lowest BCUT2D eigenvalue weighted by atomic mass is 9.98. The van der Waals surface area contributed by atoms with Crippen LogP contribution in [-0.2, 0) is 14.4 Å². The second kappa shape index (κ2) is 7.96. The second-order valence-corrected chi connectivity index (χ2v) is 7.34. The van der Waals surface area contributed by atoms with Crippen LogP contribution in [0, 0.1) is 0 Å². The van der Waals surface area contributed by atoms with Crippen molar-refractivity contribution in [2.24, 2.45) is 0 Å². The van der Waals surface area contributed by atoms with Gasteiger partial charge in [-0.1, -0.05) is 12.1 Å². The molecule has 0 bridgehead atoms. The second-order valence-electron chi connectivity index (χ2n) is 7.34. The van der Waals surface area contributed by atoms with Crippen LogP contribution in [0.25, 0.3) is 0 Å². The molecule has 1 atom stereocenters. The number of halogens is 3. The molecule has 0 aromatic heterocycles. The fourth-order valence-corrected chi connectivity index (χ4v) is 3.78. The van der Waals surface area contributed by atoms with Gasteiger partial charge < -0.3 is 15.5 Å². The highest BCUT2D eigenvalue weighted by molar-refractivity contribution is 6.10. The van der Waals surface area contributed by atoms with Gasteiger partial charge in [-0.2, -0.15) is 13.2 Å². The van der Waals surface area contributed by atoms with Crippen molar-refractivity contribution < 1.29 is 32.3 Å². The molecular formula is C19H21F3N4O4. The molecule has 2 aliphatic heterocycles. The Bertz CT molecular complexity index is 889. The Morgan fingerprint density at radius 2 is 1.83 bits per heavy atom. The molecular weight excluding hydrogens is 405 g/mol. The van der Waals surface area contributed by atoms with Crippen molar-refractivity contribution in [3.63, 3.8) is 0 Å². The van der Waals surface area contributed by atoms with E-state index in [1.54, 1.807) is 41.4 Å². The molecule has 2 N–H and O–H groups in total. The lowest BCUT2D eigenvalue weighted by molar-refractivity contribution is -0.138. The fourth-order valence-electron chi connectivity index (χ4n) is 3.78. The molecule has 11 heteroatoms. The predicted molar refractivity (Wildman–Crippen MR) is 99.3 cm³/mol. The van der Waals surface area contributed by atoms with Crippen LogP contribution in [-0.4, -0.2) is 60.0 Å². The molecule has 0 aliphatic carbocycles. The number of hydrogen-bond acceptors (Lipinski definition) is 4. The molecule has 1 aromatic rings. The average molecular weight is 426 g/mol. The van der Waals surface area contributed by atoms with Gasteiger partial charge in [-0.3, -0.25) is 24.1 Å². The number of nitrogens with zero attached hydrogens (tertiary/aromatic N) is 2. The van der Waals surface area contributed by atoms with Gasteiger partial charge in [-0.05, 0) is 25.5 Å². The summed E-state index contributed by atoms with van der Waals surface area (Å²) in [6, 6.07) is 6.74. The summed E-state index contributed by atoms with van der Waals surface area (Å²) >= 11 is 0. The Morgan fingerprint density at radius 1 is 1.13 bits per heavy atom. The van der Waals surface area contributed by atoms with E-state index >= 15 is 0 Å². The van der Waals surface area contributed by atoms with Gasteiger partial charge in [0.15, 0.2) is 0 Å². The first-order valence-corrected chi connectivity index (χ1v) is 9.37. The van der Waals surface area contributed by atoms with Crippen molar-refractivity contribution in [1.29, 1.82) is 0 Å². The number of para-hydroxylation sites is 1. The molecule has 0 unspecified atom stereocenters. The topological polar surface area (TPSA) is 98.8 Å².